The van der Waals surface area contributed by atoms with Crippen molar-refractivity contribution in [1.82, 2.24) is 15.1 Å². The molecule has 0 radical (unpaired) electrons. The summed E-state index contributed by atoms with van der Waals surface area (Å²) < 4.78 is 2.76. The van der Waals surface area contributed by atoms with E-state index in [9.17, 15) is 5.11 Å². The molecule has 21 heavy (non-hydrogen) atoms. The third-order valence-electron chi connectivity index (χ3n) is 3.53. The van der Waals surface area contributed by atoms with Crippen LogP contribution < -0.4 is 5.32 Å². The quantitative estimate of drug-likeness (QED) is 0.819. The number of nitrogens with zero attached hydrogens (tertiary/aromatic N) is 2. The van der Waals surface area contributed by atoms with Crippen molar-refractivity contribution in [3.8, 4) is 0 Å². The zero-order valence-electron chi connectivity index (χ0n) is 12.7. The van der Waals surface area contributed by atoms with Crippen LogP contribution in [0.25, 0.3) is 0 Å². The molecule has 0 aliphatic rings. The van der Waals surface area contributed by atoms with Crippen LogP contribution in [0.2, 0.25) is 4.34 Å². The maximum Gasteiger partial charge on any atom is 0.101 e. The van der Waals surface area contributed by atoms with E-state index in [1.807, 2.05) is 19.1 Å². The molecule has 2 heterocycles. The Labute approximate surface area is 134 Å². The van der Waals surface area contributed by atoms with Gasteiger partial charge < -0.3 is 10.4 Å². The molecule has 116 valence electrons. The van der Waals surface area contributed by atoms with Gasteiger partial charge in [0.2, 0.25) is 0 Å². The fraction of sp³-hybridized carbons (Fsp3) is 0.533. The van der Waals surface area contributed by atoms with Crippen LogP contribution in [0, 0.1) is 13.8 Å². The van der Waals surface area contributed by atoms with Crippen LogP contribution in [-0.2, 0) is 13.1 Å². The lowest BCUT2D eigenvalue weighted by atomic mass is 10.2. The van der Waals surface area contributed by atoms with Crippen LogP contribution in [0.4, 0.5) is 0 Å². The predicted octanol–water partition coefficient (Wildman–Crippen LogP) is 3.45. The van der Waals surface area contributed by atoms with Crippen LogP contribution >= 0.6 is 22.9 Å². The lowest BCUT2D eigenvalue weighted by molar-refractivity contribution is 0.178. The van der Waals surface area contributed by atoms with Gasteiger partial charge in [0.25, 0.3) is 0 Å². The molecule has 0 saturated heterocycles. The molecule has 0 aliphatic carbocycles. The van der Waals surface area contributed by atoms with E-state index in [1.54, 1.807) is 0 Å². The van der Waals surface area contributed by atoms with Crippen LogP contribution in [-0.4, -0.2) is 21.4 Å². The van der Waals surface area contributed by atoms with E-state index >= 15 is 0 Å². The van der Waals surface area contributed by atoms with Crippen molar-refractivity contribution in [3.63, 3.8) is 0 Å². The maximum atomic E-state index is 10.1. The molecule has 0 aromatic carbocycles. The van der Waals surface area contributed by atoms with Crippen molar-refractivity contribution in [2.45, 2.75) is 46.4 Å². The van der Waals surface area contributed by atoms with Crippen LogP contribution in [0.1, 0.15) is 41.3 Å². The normalized spacial score (nSPS) is 12.8. The van der Waals surface area contributed by atoms with Gasteiger partial charge in [-0.25, -0.2) is 0 Å². The lowest BCUT2D eigenvalue weighted by Gasteiger charge is -2.10. The van der Waals surface area contributed by atoms with E-state index in [1.165, 1.54) is 22.6 Å². The minimum absolute atomic E-state index is 0.509. The van der Waals surface area contributed by atoms with Gasteiger partial charge in [0, 0.05) is 35.8 Å². The van der Waals surface area contributed by atoms with E-state index in [0.717, 1.165) is 30.1 Å². The lowest BCUT2D eigenvalue weighted by Crippen LogP contribution is -2.21. The number of nitrogens with one attached hydrogen (secondary N) is 1. The number of hydrogen-bond donors (Lipinski definition) is 2. The fourth-order valence-electron chi connectivity index (χ4n) is 2.36. The van der Waals surface area contributed by atoms with Crippen LogP contribution in [0.3, 0.4) is 0 Å². The molecule has 0 fully saturated rings. The number of aliphatic hydroxyl groups is 1. The largest absolute Gasteiger partial charge is 0.386 e. The summed E-state index contributed by atoms with van der Waals surface area (Å²) in [5.74, 6) is 0. The molecule has 6 heteroatoms. The molecule has 4 nitrogen and oxygen atoms in total. The van der Waals surface area contributed by atoms with E-state index in [-0.39, 0.29) is 0 Å². The van der Waals surface area contributed by atoms with E-state index in [2.05, 4.69) is 28.9 Å². The van der Waals surface area contributed by atoms with Gasteiger partial charge >= 0.3 is 0 Å². The first-order chi connectivity index (χ1) is 10.0. The Morgan fingerprint density at radius 3 is 2.81 bits per heavy atom. The second kappa shape index (κ2) is 7.40. The average Bonchev–Trinajstić information content (AvgIpc) is 2.98. The Balaban J connectivity index is 1.91. The number of aryl methyl sites for hydroxylation is 2. The van der Waals surface area contributed by atoms with Gasteiger partial charge in [-0.05, 0) is 32.4 Å². The number of rotatable bonds is 7. The summed E-state index contributed by atoms with van der Waals surface area (Å²) in [6.45, 7) is 8.46. The van der Waals surface area contributed by atoms with E-state index < -0.39 is 6.10 Å². The Hall–Kier alpha value is -0.880. The SMILES string of the molecule is CCCn1nc(C)c(CNCC(O)c2ccc(Cl)s2)c1C. The first kappa shape index (κ1) is 16.5. The Morgan fingerprint density at radius 2 is 2.19 bits per heavy atom. The van der Waals surface area contributed by atoms with Gasteiger partial charge in [0.1, 0.15) is 6.10 Å². The van der Waals surface area contributed by atoms with Crippen molar-refractivity contribution >= 4 is 22.9 Å². The monoisotopic (exact) mass is 327 g/mol. The topological polar surface area (TPSA) is 50.1 Å². The Morgan fingerprint density at radius 1 is 1.43 bits per heavy atom. The Kier molecular flexibility index (Phi) is 5.81. The molecule has 1 unspecified atom stereocenters. The highest BCUT2D eigenvalue weighted by Gasteiger charge is 2.13. The molecule has 1 atom stereocenters. The first-order valence-corrected chi connectivity index (χ1v) is 8.39. The van der Waals surface area contributed by atoms with Gasteiger partial charge in [-0.1, -0.05) is 18.5 Å². The first-order valence-electron chi connectivity index (χ1n) is 7.19. The molecular formula is C15H22ClN3OS. The molecule has 2 aromatic rings. The van der Waals surface area contributed by atoms with Gasteiger partial charge in [0.05, 0.1) is 10.0 Å². The molecule has 2 N–H and O–H groups in total. The second-order valence-corrected chi connectivity index (χ2v) is 6.91. The van der Waals surface area contributed by atoms with Crippen LogP contribution in [0.5, 0.6) is 0 Å². The summed E-state index contributed by atoms with van der Waals surface area (Å²) in [5.41, 5.74) is 3.48. The zero-order valence-corrected chi connectivity index (χ0v) is 14.3. The summed E-state index contributed by atoms with van der Waals surface area (Å²) in [7, 11) is 0. The highest BCUT2D eigenvalue weighted by molar-refractivity contribution is 7.16. The fourth-order valence-corrected chi connectivity index (χ4v) is 3.41. The summed E-state index contributed by atoms with van der Waals surface area (Å²) >= 11 is 7.30. The summed E-state index contributed by atoms with van der Waals surface area (Å²) in [5, 5.41) is 18.0. The molecule has 0 bridgehead atoms. The third kappa shape index (κ3) is 4.07. The van der Waals surface area contributed by atoms with Crippen molar-refractivity contribution in [2.24, 2.45) is 0 Å². The maximum absolute atomic E-state index is 10.1. The van der Waals surface area contributed by atoms with Crippen molar-refractivity contribution < 1.29 is 5.11 Å². The number of aliphatic hydroxyl groups excluding tert-OH is 1. The summed E-state index contributed by atoms with van der Waals surface area (Å²) in [6.07, 6.45) is 0.556. The molecular weight excluding hydrogens is 306 g/mol. The molecule has 0 amide bonds. The third-order valence-corrected chi connectivity index (χ3v) is 4.86. The van der Waals surface area contributed by atoms with Gasteiger partial charge in [-0.2, -0.15) is 5.10 Å². The minimum atomic E-state index is -0.520. The van der Waals surface area contributed by atoms with Gasteiger partial charge in [0.15, 0.2) is 0 Å². The predicted molar refractivity (Wildman–Crippen MR) is 88.0 cm³/mol. The summed E-state index contributed by atoms with van der Waals surface area (Å²) in [4.78, 5) is 0.891. The van der Waals surface area contributed by atoms with Crippen LogP contribution in [0.15, 0.2) is 12.1 Å². The molecule has 2 aromatic heterocycles. The van der Waals surface area contributed by atoms with E-state index in [0.29, 0.717) is 10.9 Å². The van der Waals surface area contributed by atoms with Crippen molar-refractivity contribution in [2.75, 3.05) is 6.54 Å². The number of hydrogen-bond acceptors (Lipinski definition) is 4. The molecule has 0 spiro atoms. The Bertz CT molecular complexity index is 594. The standard InChI is InChI=1S/C15H22ClN3OS/c1-4-7-19-11(3)12(10(2)18-19)8-17-9-13(20)14-5-6-15(16)21-14/h5-6,13,17,20H,4,7-9H2,1-3H3. The molecule has 0 saturated carbocycles. The minimum Gasteiger partial charge on any atom is -0.386 e. The van der Waals surface area contributed by atoms with Crippen molar-refractivity contribution in [3.05, 3.63) is 38.3 Å². The number of aromatic nitrogens is 2. The highest BCUT2D eigenvalue weighted by atomic mass is 35.5. The summed E-state index contributed by atoms with van der Waals surface area (Å²) in [6, 6.07) is 3.68. The zero-order chi connectivity index (χ0) is 15.4. The smallest absolute Gasteiger partial charge is 0.101 e. The van der Waals surface area contributed by atoms with E-state index in [4.69, 9.17) is 11.6 Å². The molecule has 0 aliphatic heterocycles. The van der Waals surface area contributed by atoms with Crippen molar-refractivity contribution in [1.29, 1.82) is 0 Å². The van der Waals surface area contributed by atoms with Gasteiger partial charge in [-0.15, -0.1) is 11.3 Å². The van der Waals surface area contributed by atoms with Gasteiger partial charge in [-0.3, -0.25) is 4.68 Å². The average molecular weight is 328 g/mol. The number of halogens is 1. The highest BCUT2D eigenvalue weighted by Crippen LogP contribution is 2.26. The molecule has 2 rings (SSSR count). The second-order valence-electron chi connectivity index (χ2n) is 5.16. The number of thiophene rings is 1.